The summed E-state index contributed by atoms with van der Waals surface area (Å²) in [6.45, 7) is 3.70. The first-order chi connectivity index (χ1) is 10.6. The van der Waals surface area contributed by atoms with Gasteiger partial charge in [-0.15, -0.1) is 0 Å². The Bertz CT molecular complexity index is 826. The molecule has 1 N–H and O–H groups in total. The van der Waals surface area contributed by atoms with Gasteiger partial charge in [-0.1, -0.05) is 0 Å². The van der Waals surface area contributed by atoms with E-state index in [0.29, 0.717) is 17.1 Å². The van der Waals surface area contributed by atoms with E-state index in [0.717, 1.165) is 11.4 Å². The first-order valence-corrected chi connectivity index (χ1v) is 6.91. The predicted octanol–water partition coefficient (Wildman–Crippen LogP) is 2.36. The van der Waals surface area contributed by atoms with Crippen LogP contribution in [0.1, 0.15) is 11.4 Å². The summed E-state index contributed by atoms with van der Waals surface area (Å²) in [4.78, 5) is 20.4. The molecule has 0 aliphatic rings. The highest BCUT2D eigenvalue weighted by atomic mass is 16.5. The van der Waals surface area contributed by atoms with E-state index < -0.39 is 0 Å². The van der Waals surface area contributed by atoms with Gasteiger partial charge in [-0.05, 0) is 38.1 Å². The van der Waals surface area contributed by atoms with Gasteiger partial charge in [0.25, 0.3) is 5.91 Å². The molecule has 112 valence electrons. The van der Waals surface area contributed by atoms with E-state index in [2.05, 4.69) is 15.3 Å². The summed E-state index contributed by atoms with van der Waals surface area (Å²) in [6.07, 6.45) is 5.45. The lowest BCUT2D eigenvalue weighted by Crippen LogP contribution is -2.20. The Hall–Kier alpha value is -2.89. The topological polar surface area (TPSA) is 68.5 Å². The maximum absolute atomic E-state index is 12.0. The second-order valence-corrected chi connectivity index (χ2v) is 5.01. The van der Waals surface area contributed by atoms with Crippen molar-refractivity contribution in [2.24, 2.45) is 0 Å². The van der Waals surface area contributed by atoms with Crippen molar-refractivity contribution in [3.05, 3.63) is 54.2 Å². The van der Waals surface area contributed by atoms with E-state index >= 15 is 0 Å². The average Bonchev–Trinajstić information content (AvgIpc) is 2.86. The Kier molecular flexibility index (Phi) is 3.74. The van der Waals surface area contributed by atoms with Crippen LogP contribution in [-0.4, -0.2) is 26.9 Å². The summed E-state index contributed by atoms with van der Waals surface area (Å²) >= 11 is 0. The second kappa shape index (κ2) is 5.85. The van der Waals surface area contributed by atoms with Gasteiger partial charge in [-0.25, -0.2) is 4.98 Å². The van der Waals surface area contributed by atoms with Crippen molar-refractivity contribution in [2.75, 3.05) is 11.9 Å². The number of aromatic nitrogens is 3. The van der Waals surface area contributed by atoms with E-state index in [4.69, 9.17) is 4.74 Å². The summed E-state index contributed by atoms with van der Waals surface area (Å²) in [5.74, 6) is 0.354. The van der Waals surface area contributed by atoms with Gasteiger partial charge in [-0.2, -0.15) is 0 Å². The molecule has 0 saturated heterocycles. The van der Waals surface area contributed by atoms with Crippen LogP contribution in [0.5, 0.6) is 5.75 Å². The zero-order valence-electron chi connectivity index (χ0n) is 12.4. The SMILES string of the molecule is Cc1cc(NC(=O)COc2cccn3cc(C)nc23)ccn1. The van der Waals surface area contributed by atoms with Gasteiger partial charge in [0.1, 0.15) is 0 Å². The second-order valence-electron chi connectivity index (χ2n) is 5.01. The van der Waals surface area contributed by atoms with Crippen LogP contribution in [-0.2, 0) is 4.79 Å². The van der Waals surface area contributed by atoms with Gasteiger partial charge in [0.05, 0.1) is 5.69 Å². The van der Waals surface area contributed by atoms with Crippen LogP contribution >= 0.6 is 0 Å². The van der Waals surface area contributed by atoms with Crippen molar-refractivity contribution >= 4 is 17.2 Å². The molecular formula is C16H16N4O2. The lowest BCUT2D eigenvalue weighted by Gasteiger charge is -2.08. The molecule has 0 fully saturated rings. The number of hydrogen-bond donors (Lipinski definition) is 1. The molecule has 0 bridgehead atoms. The van der Waals surface area contributed by atoms with Gasteiger partial charge >= 0.3 is 0 Å². The maximum Gasteiger partial charge on any atom is 0.262 e. The predicted molar refractivity (Wildman–Crippen MR) is 83.0 cm³/mol. The molecule has 0 aliphatic carbocycles. The van der Waals surface area contributed by atoms with Crippen molar-refractivity contribution in [3.8, 4) is 5.75 Å². The monoisotopic (exact) mass is 296 g/mol. The lowest BCUT2D eigenvalue weighted by atomic mass is 10.3. The first kappa shape index (κ1) is 14.1. The molecule has 3 aromatic rings. The number of hydrogen-bond acceptors (Lipinski definition) is 4. The third-order valence-electron chi connectivity index (χ3n) is 3.11. The Morgan fingerprint density at radius 3 is 3.00 bits per heavy atom. The highest BCUT2D eigenvalue weighted by molar-refractivity contribution is 5.91. The van der Waals surface area contributed by atoms with Crippen molar-refractivity contribution in [3.63, 3.8) is 0 Å². The fourth-order valence-electron chi connectivity index (χ4n) is 2.19. The van der Waals surface area contributed by atoms with Crippen LogP contribution in [0.15, 0.2) is 42.9 Å². The fourth-order valence-corrected chi connectivity index (χ4v) is 2.19. The molecule has 3 heterocycles. The number of amides is 1. The van der Waals surface area contributed by atoms with Gasteiger partial charge in [0.2, 0.25) is 0 Å². The summed E-state index contributed by atoms with van der Waals surface area (Å²) in [7, 11) is 0. The number of carbonyl (C=O) groups is 1. The Labute approximate surface area is 127 Å². The molecular weight excluding hydrogens is 280 g/mol. The fraction of sp³-hybridized carbons (Fsp3) is 0.188. The normalized spacial score (nSPS) is 10.6. The number of imidazole rings is 1. The summed E-state index contributed by atoms with van der Waals surface area (Å²) in [5.41, 5.74) is 3.15. The first-order valence-electron chi connectivity index (χ1n) is 6.91. The van der Waals surface area contributed by atoms with Crippen LogP contribution in [0.25, 0.3) is 5.65 Å². The van der Waals surface area contributed by atoms with Crippen molar-refractivity contribution < 1.29 is 9.53 Å². The van der Waals surface area contributed by atoms with E-state index in [1.807, 2.05) is 36.7 Å². The third-order valence-corrected chi connectivity index (χ3v) is 3.11. The molecule has 0 aromatic carbocycles. The minimum Gasteiger partial charge on any atom is -0.480 e. The summed E-state index contributed by atoms with van der Waals surface area (Å²) in [5, 5.41) is 2.78. The Morgan fingerprint density at radius 2 is 2.18 bits per heavy atom. The molecule has 3 aromatic heterocycles. The molecule has 0 unspecified atom stereocenters. The van der Waals surface area contributed by atoms with E-state index in [1.54, 1.807) is 24.4 Å². The van der Waals surface area contributed by atoms with Crippen LogP contribution in [0, 0.1) is 13.8 Å². The van der Waals surface area contributed by atoms with Crippen molar-refractivity contribution in [1.29, 1.82) is 0 Å². The number of pyridine rings is 2. The lowest BCUT2D eigenvalue weighted by molar-refractivity contribution is -0.118. The third kappa shape index (κ3) is 3.06. The average molecular weight is 296 g/mol. The number of nitrogens with one attached hydrogen (secondary N) is 1. The minimum absolute atomic E-state index is 0.0764. The van der Waals surface area contributed by atoms with Gasteiger partial charge < -0.3 is 14.5 Å². The molecule has 0 aliphatic heterocycles. The highest BCUT2D eigenvalue weighted by Crippen LogP contribution is 2.18. The molecule has 1 amide bonds. The molecule has 6 nitrogen and oxygen atoms in total. The number of anilines is 1. The van der Waals surface area contributed by atoms with Gasteiger partial charge in [-0.3, -0.25) is 9.78 Å². The molecule has 0 radical (unpaired) electrons. The molecule has 0 spiro atoms. The minimum atomic E-state index is -0.226. The maximum atomic E-state index is 12.0. The summed E-state index contributed by atoms with van der Waals surface area (Å²) < 4.78 is 7.46. The van der Waals surface area contributed by atoms with E-state index in [1.165, 1.54) is 0 Å². The largest absolute Gasteiger partial charge is 0.480 e. The molecule has 3 rings (SSSR count). The molecule has 6 heteroatoms. The van der Waals surface area contributed by atoms with Gasteiger partial charge in [0.15, 0.2) is 18.0 Å². The zero-order valence-corrected chi connectivity index (χ0v) is 12.4. The standard InChI is InChI=1S/C16H16N4O2/c1-11-8-13(5-6-17-11)19-15(21)10-22-14-4-3-7-20-9-12(2)18-16(14)20/h3-9H,10H2,1-2H3,(H,17,19,21). The Morgan fingerprint density at radius 1 is 1.32 bits per heavy atom. The number of ether oxygens (including phenoxy) is 1. The van der Waals surface area contributed by atoms with Crippen molar-refractivity contribution in [2.45, 2.75) is 13.8 Å². The van der Waals surface area contributed by atoms with Crippen LogP contribution in [0.4, 0.5) is 5.69 Å². The van der Waals surface area contributed by atoms with Crippen molar-refractivity contribution in [1.82, 2.24) is 14.4 Å². The molecule has 22 heavy (non-hydrogen) atoms. The van der Waals surface area contributed by atoms with E-state index in [-0.39, 0.29) is 12.5 Å². The van der Waals surface area contributed by atoms with Gasteiger partial charge in [0, 0.05) is 30.0 Å². The van der Waals surface area contributed by atoms with Crippen LogP contribution in [0.3, 0.4) is 0 Å². The summed E-state index contributed by atoms with van der Waals surface area (Å²) in [6, 6.07) is 7.19. The smallest absolute Gasteiger partial charge is 0.262 e. The quantitative estimate of drug-likeness (QED) is 0.802. The van der Waals surface area contributed by atoms with E-state index in [9.17, 15) is 4.79 Å². The zero-order chi connectivity index (χ0) is 15.5. The molecule has 0 saturated carbocycles. The Balaban J connectivity index is 1.67. The number of nitrogens with zero attached hydrogens (tertiary/aromatic N) is 3. The van der Waals surface area contributed by atoms with Crippen LogP contribution in [0.2, 0.25) is 0 Å². The highest BCUT2D eigenvalue weighted by Gasteiger charge is 2.08. The van der Waals surface area contributed by atoms with Crippen LogP contribution < -0.4 is 10.1 Å². The number of fused-ring (bicyclic) bond motifs is 1. The number of aryl methyl sites for hydroxylation is 2. The number of carbonyl (C=O) groups excluding carboxylic acids is 1. The molecule has 0 atom stereocenters. The number of rotatable bonds is 4.